The summed E-state index contributed by atoms with van der Waals surface area (Å²) in [6, 6.07) is 7.57. The molecule has 0 heterocycles. The maximum Gasteiger partial charge on any atom is 0.242 e. The predicted molar refractivity (Wildman–Crippen MR) is 90.5 cm³/mol. The van der Waals surface area contributed by atoms with Crippen LogP contribution in [0.4, 0.5) is 5.69 Å². The number of benzene rings is 1. The first-order valence-corrected chi connectivity index (χ1v) is 9.84. The van der Waals surface area contributed by atoms with Gasteiger partial charge in [-0.2, -0.15) is 11.8 Å². The fraction of sp³-hybridized carbons (Fsp3) is 0.600. The van der Waals surface area contributed by atoms with E-state index in [1.807, 2.05) is 23.9 Å². The Bertz CT molecular complexity index is 556. The summed E-state index contributed by atoms with van der Waals surface area (Å²) in [6.45, 7) is 2.20. The average molecular weight is 329 g/mol. The van der Waals surface area contributed by atoms with E-state index in [0.29, 0.717) is 16.2 Å². The van der Waals surface area contributed by atoms with Gasteiger partial charge in [0.15, 0.2) is 0 Å². The highest BCUT2D eigenvalue weighted by Gasteiger charge is 2.27. The van der Waals surface area contributed by atoms with Crippen molar-refractivity contribution < 1.29 is 8.42 Å². The van der Waals surface area contributed by atoms with Gasteiger partial charge in [-0.1, -0.05) is 13.3 Å². The normalized spacial score (nSPS) is 22.7. The standard InChI is InChI=1S/C15H24N2O2S2/c1-4-20-15-7-5-6-14(15)16-12-8-10-13(11-9-12)21(18,19)17(2)3/h8-11,14-16H,4-7H2,1-3H3. The van der Waals surface area contributed by atoms with Gasteiger partial charge in [0.1, 0.15) is 0 Å². The summed E-state index contributed by atoms with van der Waals surface area (Å²) >= 11 is 2.01. The summed E-state index contributed by atoms with van der Waals surface area (Å²) in [5.41, 5.74) is 1.00. The third-order valence-corrected chi connectivity index (χ3v) is 6.97. The van der Waals surface area contributed by atoms with Gasteiger partial charge in [-0.15, -0.1) is 0 Å². The van der Waals surface area contributed by atoms with E-state index in [2.05, 4.69) is 12.2 Å². The molecule has 0 aliphatic heterocycles. The first kappa shape index (κ1) is 16.6. The van der Waals surface area contributed by atoms with Crippen molar-refractivity contribution in [3.63, 3.8) is 0 Å². The number of rotatable bonds is 6. The molecule has 2 unspecified atom stereocenters. The van der Waals surface area contributed by atoms with Crippen LogP contribution < -0.4 is 5.32 Å². The number of hydrogen-bond acceptors (Lipinski definition) is 4. The number of nitrogens with zero attached hydrogens (tertiary/aromatic N) is 1. The Morgan fingerprint density at radius 1 is 1.24 bits per heavy atom. The van der Waals surface area contributed by atoms with E-state index < -0.39 is 10.0 Å². The molecule has 1 aliphatic carbocycles. The van der Waals surface area contributed by atoms with E-state index in [1.54, 1.807) is 26.2 Å². The minimum atomic E-state index is -3.34. The van der Waals surface area contributed by atoms with Crippen LogP contribution in [0.5, 0.6) is 0 Å². The molecular weight excluding hydrogens is 304 g/mol. The van der Waals surface area contributed by atoms with Gasteiger partial charge in [0, 0.05) is 31.1 Å². The molecule has 6 heteroatoms. The predicted octanol–water partition coefficient (Wildman–Crippen LogP) is 3.02. The molecule has 1 fully saturated rings. The Kier molecular flexibility index (Phi) is 5.57. The van der Waals surface area contributed by atoms with Crippen molar-refractivity contribution in [1.82, 2.24) is 4.31 Å². The Balaban J connectivity index is 2.06. The zero-order valence-corrected chi connectivity index (χ0v) is 14.5. The molecule has 4 nitrogen and oxygen atoms in total. The van der Waals surface area contributed by atoms with E-state index in [-0.39, 0.29) is 0 Å². The second kappa shape index (κ2) is 7.03. The third kappa shape index (κ3) is 3.93. The van der Waals surface area contributed by atoms with Crippen molar-refractivity contribution in [2.45, 2.75) is 42.4 Å². The molecule has 2 rings (SSSR count). The molecule has 0 bridgehead atoms. The largest absolute Gasteiger partial charge is 0.381 e. The summed E-state index contributed by atoms with van der Waals surface area (Å²) in [6.07, 6.45) is 3.72. The highest BCUT2D eigenvalue weighted by Crippen LogP contribution is 2.32. The van der Waals surface area contributed by atoms with Crippen LogP contribution in [-0.2, 0) is 10.0 Å². The summed E-state index contributed by atoms with van der Waals surface area (Å²) in [5.74, 6) is 1.14. The van der Waals surface area contributed by atoms with Gasteiger partial charge in [-0.05, 0) is 42.9 Å². The maximum absolute atomic E-state index is 12.0. The topological polar surface area (TPSA) is 49.4 Å². The summed E-state index contributed by atoms with van der Waals surface area (Å²) in [7, 11) is -0.242. The van der Waals surface area contributed by atoms with E-state index in [0.717, 1.165) is 11.4 Å². The van der Waals surface area contributed by atoms with Crippen LogP contribution in [0.3, 0.4) is 0 Å². The molecule has 0 aromatic heterocycles. The zero-order valence-electron chi connectivity index (χ0n) is 12.9. The number of anilines is 1. The summed E-state index contributed by atoms with van der Waals surface area (Å²) in [5, 5.41) is 4.22. The highest BCUT2D eigenvalue weighted by molar-refractivity contribution is 7.99. The van der Waals surface area contributed by atoms with Gasteiger partial charge in [0.25, 0.3) is 0 Å². The fourth-order valence-corrected chi connectivity index (χ4v) is 4.75. The van der Waals surface area contributed by atoms with Gasteiger partial charge in [-0.25, -0.2) is 12.7 Å². The van der Waals surface area contributed by atoms with Crippen LogP contribution in [0.25, 0.3) is 0 Å². The Hall–Kier alpha value is -0.720. The van der Waals surface area contributed by atoms with Crippen LogP contribution in [-0.4, -0.2) is 43.9 Å². The lowest BCUT2D eigenvalue weighted by Crippen LogP contribution is -2.26. The number of nitrogens with one attached hydrogen (secondary N) is 1. The fourth-order valence-electron chi connectivity index (χ4n) is 2.65. The lowest BCUT2D eigenvalue weighted by molar-refractivity contribution is 0.521. The van der Waals surface area contributed by atoms with Gasteiger partial charge in [0.05, 0.1) is 4.90 Å². The quantitative estimate of drug-likeness (QED) is 0.872. The smallest absolute Gasteiger partial charge is 0.242 e. The molecule has 2 atom stereocenters. The van der Waals surface area contributed by atoms with Crippen LogP contribution >= 0.6 is 11.8 Å². The Labute approximate surface area is 132 Å². The number of hydrogen-bond donors (Lipinski definition) is 1. The highest BCUT2D eigenvalue weighted by atomic mass is 32.2. The van der Waals surface area contributed by atoms with E-state index in [9.17, 15) is 8.42 Å². The molecule has 0 saturated heterocycles. The van der Waals surface area contributed by atoms with Crippen molar-refractivity contribution in [3.05, 3.63) is 24.3 Å². The molecule has 1 saturated carbocycles. The van der Waals surface area contributed by atoms with E-state index in [1.165, 1.54) is 23.6 Å². The van der Waals surface area contributed by atoms with Crippen LogP contribution in [0.15, 0.2) is 29.2 Å². The van der Waals surface area contributed by atoms with Crippen LogP contribution in [0.1, 0.15) is 26.2 Å². The maximum atomic E-state index is 12.0. The average Bonchev–Trinajstić information content (AvgIpc) is 2.87. The lowest BCUT2D eigenvalue weighted by atomic mass is 10.2. The molecule has 1 aromatic rings. The molecule has 1 N–H and O–H groups in total. The second-order valence-corrected chi connectivity index (χ2v) is 9.16. The van der Waals surface area contributed by atoms with E-state index in [4.69, 9.17) is 0 Å². The van der Waals surface area contributed by atoms with Crippen molar-refractivity contribution in [3.8, 4) is 0 Å². The first-order chi connectivity index (χ1) is 9.95. The summed E-state index contributed by atoms with van der Waals surface area (Å²) in [4.78, 5) is 0.337. The molecule has 21 heavy (non-hydrogen) atoms. The van der Waals surface area contributed by atoms with Crippen molar-refractivity contribution in [2.75, 3.05) is 25.2 Å². The molecule has 118 valence electrons. The third-order valence-electron chi connectivity index (χ3n) is 3.82. The monoisotopic (exact) mass is 328 g/mol. The van der Waals surface area contributed by atoms with E-state index >= 15 is 0 Å². The molecule has 0 radical (unpaired) electrons. The minimum absolute atomic E-state index is 0.337. The van der Waals surface area contributed by atoms with Gasteiger partial charge in [0.2, 0.25) is 10.0 Å². The van der Waals surface area contributed by atoms with Crippen molar-refractivity contribution in [2.24, 2.45) is 0 Å². The zero-order chi connectivity index (χ0) is 15.5. The van der Waals surface area contributed by atoms with Crippen LogP contribution in [0, 0.1) is 0 Å². The first-order valence-electron chi connectivity index (χ1n) is 7.36. The van der Waals surface area contributed by atoms with Gasteiger partial charge < -0.3 is 5.32 Å². The molecule has 0 spiro atoms. The SMILES string of the molecule is CCSC1CCCC1Nc1ccc(S(=O)(=O)N(C)C)cc1. The Morgan fingerprint density at radius 3 is 2.48 bits per heavy atom. The van der Waals surface area contributed by atoms with Crippen LogP contribution in [0.2, 0.25) is 0 Å². The molecule has 0 amide bonds. The molecule has 1 aliphatic rings. The Morgan fingerprint density at radius 2 is 1.90 bits per heavy atom. The van der Waals surface area contributed by atoms with Gasteiger partial charge in [-0.3, -0.25) is 0 Å². The van der Waals surface area contributed by atoms with Gasteiger partial charge >= 0.3 is 0 Å². The number of thioether (sulfide) groups is 1. The van der Waals surface area contributed by atoms with Crippen molar-refractivity contribution >= 4 is 27.5 Å². The second-order valence-electron chi connectivity index (χ2n) is 5.49. The molecular formula is C15H24N2O2S2. The van der Waals surface area contributed by atoms with Crippen molar-refractivity contribution in [1.29, 1.82) is 0 Å². The minimum Gasteiger partial charge on any atom is -0.381 e. The summed E-state index contributed by atoms with van der Waals surface area (Å²) < 4.78 is 25.3. The molecule has 1 aromatic carbocycles. The lowest BCUT2D eigenvalue weighted by Gasteiger charge is -2.21. The number of sulfonamides is 1.